The topological polar surface area (TPSA) is 58.1 Å². The van der Waals surface area contributed by atoms with Gasteiger partial charge in [0.05, 0.1) is 5.56 Å². The minimum atomic E-state index is -0.118. The Balaban J connectivity index is 1.53. The molecule has 0 saturated heterocycles. The van der Waals surface area contributed by atoms with E-state index in [2.05, 4.69) is 20.2 Å². The van der Waals surface area contributed by atoms with E-state index in [1.165, 1.54) is 5.56 Å². The van der Waals surface area contributed by atoms with Gasteiger partial charge >= 0.3 is 0 Å². The summed E-state index contributed by atoms with van der Waals surface area (Å²) < 4.78 is 0. The van der Waals surface area contributed by atoms with Crippen LogP contribution in [0.5, 0.6) is 0 Å². The molecule has 0 aliphatic rings. The van der Waals surface area contributed by atoms with E-state index in [0.29, 0.717) is 12.1 Å². The number of nitrogens with one attached hydrogen (secondary N) is 1. The van der Waals surface area contributed by atoms with Gasteiger partial charge in [0.1, 0.15) is 5.82 Å². The second-order valence-corrected chi connectivity index (χ2v) is 6.10. The summed E-state index contributed by atoms with van der Waals surface area (Å²) in [6.45, 7) is 1.35. The SMILES string of the molecule is CN(CCc1ccncc1)c1ccc(C(=O)NCc2ccccc2)cn1. The van der Waals surface area contributed by atoms with Crippen molar-refractivity contribution >= 4 is 11.7 Å². The number of carbonyl (C=O) groups excluding carboxylic acids is 1. The van der Waals surface area contributed by atoms with Crippen molar-refractivity contribution in [3.63, 3.8) is 0 Å². The molecule has 0 radical (unpaired) electrons. The first-order valence-electron chi connectivity index (χ1n) is 8.60. The highest BCUT2D eigenvalue weighted by Crippen LogP contribution is 2.11. The van der Waals surface area contributed by atoms with Crippen molar-refractivity contribution in [2.75, 3.05) is 18.5 Å². The maximum atomic E-state index is 12.2. The van der Waals surface area contributed by atoms with Crippen LogP contribution < -0.4 is 10.2 Å². The zero-order valence-corrected chi connectivity index (χ0v) is 14.8. The predicted molar refractivity (Wildman–Crippen MR) is 103 cm³/mol. The van der Waals surface area contributed by atoms with Crippen LogP contribution in [0.25, 0.3) is 0 Å². The highest BCUT2D eigenvalue weighted by molar-refractivity contribution is 5.94. The Morgan fingerprint density at radius 1 is 1.00 bits per heavy atom. The van der Waals surface area contributed by atoms with Crippen molar-refractivity contribution in [1.82, 2.24) is 15.3 Å². The Hall–Kier alpha value is -3.21. The molecule has 0 atom stereocenters. The lowest BCUT2D eigenvalue weighted by atomic mass is 10.2. The smallest absolute Gasteiger partial charge is 0.253 e. The summed E-state index contributed by atoms with van der Waals surface area (Å²) in [7, 11) is 2.00. The Labute approximate surface area is 153 Å². The van der Waals surface area contributed by atoms with Gasteiger partial charge < -0.3 is 10.2 Å². The molecule has 2 heterocycles. The van der Waals surface area contributed by atoms with Crippen LogP contribution in [-0.2, 0) is 13.0 Å². The molecule has 5 nitrogen and oxygen atoms in total. The first-order valence-corrected chi connectivity index (χ1v) is 8.60. The molecular formula is C21H22N4O. The summed E-state index contributed by atoms with van der Waals surface area (Å²) in [5.41, 5.74) is 2.87. The molecular weight excluding hydrogens is 324 g/mol. The minimum Gasteiger partial charge on any atom is -0.359 e. The van der Waals surface area contributed by atoms with E-state index in [1.807, 2.05) is 61.6 Å². The molecule has 0 aliphatic heterocycles. The molecule has 0 unspecified atom stereocenters. The average Bonchev–Trinajstić information content (AvgIpc) is 2.72. The molecule has 0 fully saturated rings. The second kappa shape index (κ2) is 8.76. The van der Waals surface area contributed by atoms with Crippen LogP contribution in [0.2, 0.25) is 0 Å². The summed E-state index contributed by atoms with van der Waals surface area (Å²) >= 11 is 0. The van der Waals surface area contributed by atoms with Crippen LogP contribution in [0, 0.1) is 0 Å². The molecule has 3 aromatic rings. The molecule has 5 heteroatoms. The number of likely N-dealkylation sites (N-methyl/N-ethyl adjacent to an activating group) is 1. The summed E-state index contributed by atoms with van der Waals surface area (Å²) in [6, 6.07) is 17.6. The fraction of sp³-hybridized carbons (Fsp3) is 0.190. The second-order valence-electron chi connectivity index (χ2n) is 6.10. The maximum absolute atomic E-state index is 12.2. The van der Waals surface area contributed by atoms with E-state index < -0.39 is 0 Å². The van der Waals surface area contributed by atoms with Gasteiger partial charge in [0.15, 0.2) is 0 Å². The summed E-state index contributed by atoms with van der Waals surface area (Å²) in [5.74, 6) is 0.728. The van der Waals surface area contributed by atoms with Gasteiger partial charge in [-0.1, -0.05) is 30.3 Å². The first-order chi connectivity index (χ1) is 12.7. The first kappa shape index (κ1) is 17.6. The molecule has 0 aliphatic carbocycles. The fourth-order valence-electron chi connectivity index (χ4n) is 2.59. The van der Waals surface area contributed by atoms with Crippen LogP contribution in [0.1, 0.15) is 21.5 Å². The Bertz CT molecular complexity index is 820. The van der Waals surface area contributed by atoms with Crippen molar-refractivity contribution < 1.29 is 4.79 Å². The van der Waals surface area contributed by atoms with Crippen LogP contribution in [0.4, 0.5) is 5.82 Å². The average molecular weight is 346 g/mol. The Morgan fingerprint density at radius 3 is 2.46 bits per heavy atom. The highest BCUT2D eigenvalue weighted by atomic mass is 16.1. The number of amides is 1. The van der Waals surface area contributed by atoms with E-state index in [1.54, 1.807) is 18.6 Å². The lowest BCUT2D eigenvalue weighted by molar-refractivity contribution is 0.0950. The molecule has 1 amide bonds. The Morgan fingerprint density at radius 2 is 1.77 bits per heavy atom. The van der Waals surface area contributed by atoms with E-state index in [0.717, 1.165) is 24.3 Å². The number of hydrogen-bond acceptors (Lipinski definition) is 4. The van der Waals surface area contributed by atoms with Crippen molar-refractivity contribution in [3.8, 4) is 0 Å². The zero-order valence-electron chi connectivity index (χ0n) is 14.8. The molecule has 0 saturated carbocycles. The van der Waals surface area contributed by atoms with Gasteiger partial charge in [0, 0.05) is 38.7 Å². The number of rotatable bonds is 7. The summed E-state index contributed by atoms with van der Waals surface area (Å²) in [5, 5.41) is 2.91. The lowest BCUT2D eigenvalue weighted by Crippen LogP contribution is -2.24. The number of benzene rings is 1. The molecule has 0 bridgehead atoms. The number of nitrogens with zero attached hydrogens (tertiary/aromatic N) is 3. The maximum Gasteiger partial charge on any atom is 0.253 e. The van der Waals surface area contributed by atoms with Crippen LogP contribution in [-0.4, -0.2) is 29.5 Å². The van der Waals surface area contributed by atoms with Gasteiger partial charge in [-0.15, -0.1) is 0 Å². The van der Waals surface area contributed by atoms with Crippen molar-refractivity contribution in [1.29, 1.82) is 0 Å². The van der Waals surface area contributed by atoms with Gasteiger partial charge in [-0.25, -0.2) is 4.98 Å². The normalized spacial score (nSPS) is 10.3. The van der Waals surface area contributed by atoms with E-state index in [9.17, 15) is 4.79 Å². The highest BCUT2D eigenvalue weighted by Gasteiger charge is 2.08. The molecule has 0 spiro atoms. The molecule has 3 rings (SSSR count). The lowest BCUT2D eigenvalue weighted by Gasteiger charge is -2.18. The van der Waals surface area contributed by atoms with Crippen molar-refractivity contribution in [2.24, 2.45) is 0 Å². The van der Waals surface area contributed by atoms with Crippen LogP contribution in [0.3, 0.4) is 0 Å². The number of carbonyl (C=O) groups is 1. The fourth-order valence-corrected chi connectivity index (χ4v) is 2.59. The van der Waals surface area contributed by atoms with Crippen molar-refractivity contribution in [3.05, 3.63) is 89.9 Å². The number of pyridine rings is 2. The summed E-state index contributed by atoms with van der Waals surface area (Å²) in [4.78, 5) is 22.8. The number of anilines is 1. The van der Waals surface area contributed by atoms with Crippen LogP contribution >= 0.6 is 0 Å². The molecule has 26 heavy (non-hydrogen) atoms. The van der Waals surface area contributed by atoms with E-state index >= 15 is 0 Å². The van der Waals surface area contributed by atoms with Crippen molar-refractivity contribution in [2.45, 2.75) is 13.0 Å². The number of hydrogen-bond donors (Lipinski definition) is 1. The minimum absolute atomic E-state index is 0.118. The summed E-state index contributed by atoms with van der Waals surface area (Å²) in [6.07, 6.45) is 6.14. The van der Waals surface area contributed by atoms with Gasteiger partial charge in [-0.3, -0.25) is 9.78 Å². The van der Waals surface area contributed by atoms with Gasteiger partial charge in [-0.05, 0) is 41.8 Å². The molecule has 1 aromatic carbocycles. The quantitative estimate of drug-likeness (QED) is 0.714. The van der Waals surface area contributed by atoms with Gasteiger partial charge in [0.25, 0.3) is 5.91 Å². The van der Waals surface area contributed by atoms with Crippen LogP contribution in [0.15, 0.2) is 73.2 Å². The zero-order chi connectivity index (χ0) is 18.2. The van der Waals surface area contributed by atoms with E-state index in [-0.39, 0.29) is 5.91 Å². The number of aromatic nitrogens is 2. The third-order valence-corrected chi connectivity index (χ3v) is 4.18. The Kier molecular flexibility index (Phi) is 5.93. The monoisotopic (exact) mass is 346 g/mol. The molecule has 2 aromatic heterocycles. The van der Waals surface area contributed by atoms with E-state index in [4.69, 9.17) is 0 Å². The molecule has 1 N–H and O–H groups in total. The third kappa shape index (κ3) is 4.89. The van der Waals surface area contributed by atoms with Gasteiger partial charge in [-0.2, -0.15) is 0 Å². The predicted octanol–water partition coefficient (Wildman–Crippen LogP) is 3.09. The molecule has 132 valence electrons. The largest absolute Gasteiger partial charge is 0.359 e. The standard InChI is InChI=1S/C21H22N4O/c1-25(14-11-17-9-12-22-13-10-17)20-8-7-19(16-23-20)21(26)24-15-18-5-3-2-4-6-18/h2-10,12-13,16H,11,14-15H2,1H3,(H,24,26). The van der Waals surface area contributed by atoms with Gasteiger partial charge in [0.2, 0.25) is 0 Å². The third-order valence-electron chi connectivity index (χ3n) is 4.18.